The Labute approximate surface area is 160 Å². The van der Waals surface area contributed by atoms with Crippen LogP contribution < -0.4 is 10.1 Å². The number of rotatable bonds is 9. The van der Waals surface area contributed by atoms with Gasteiger partial charge in [-0.25, -0.2) is 0 Å². The van der Waals surface area contributed by atoms with Gasteiger partial charge >= 0.3 is 0 Å². The van der Waals surface area contributed by atoms with Gasteiger partial charge in [0.2, 0.25) is 0 Å². The molecular weight excluding hydrogens is 348 g/mol. The number of aliphatic hydroxyl groups excluding tert-OH is 2. The van der Waals surface area contributed by atoms with Crippen LogP contribution in [0.2, 0.25) is 0 Å². The number of ether oxygens (including phenoxy) is 1. The first-order valence-corrected chi connectivity index (χ1v) is 8.87. The van der Waals surface area contributed by atoms with Crippen LogP contribution in [0.15, 0.2) is 48.5 Å². The van der Waals surface area contributed by atoms with E-state index in [2.05, 4.69) is 10.2 Å². The van der Waals surface area contributed by atoms with Crippen LogP contribution in [0.25, 0.3) is 0 Å². The van der Waals surface area contributed by atoms with Crippen molar-refractivity contribution in [1.29, 1.82) is 0 Å². The summed E-state index contributed by atoms with van der Waals surface area (Å²) in [6.45, 7) is 1.64. The second kappa shape index (κ2) is 9.52. The fraction of sp³-hybridized carbons (Fsp3) is 0.350. The Morgan fingerprint density at radius 1 is 1.15 bits per heavy atom. The number of anilines is 1. The van der Waals surface area contributed by atoms with Crippen LogP contribution in [0, 0.1) is 0 Å². The lowest BCUT2D eigenvalue weighted by atomic mass is 9.85. The fourth-order valence-corrected chi connectivity index (χ4v) is 2.97. The molecule has 6 heteroatoms. The fourth-order valence-electron chi connectivity index (χ4n) is 2.83. The summed E-state index contributed by atoms with van der Waals surface area (Å²) in [5, 5.41) is 23.4. The van der Waals surface area contributed by atoms with Crippen LogP contribution in [-0.2, 0) is 0 Å². The number of methoxy groups -OCH3 is 1. The van der Waals surface area contributed by atoms with E-state index in [0.717, 1.165) is 35.7 Å². The number of hydrogen-bond donors (Lipinski definition) is 3. The molecule has 2 rings (SSSR count). The average molecular weight is 375 g/mol. The average Bonchev–Trinajstić information content (AvgIpc) is 2.63. The molecule has 26 heavy (non-hydrogen) atoms. The number of hydrogen-bond acceptors (Lipinski definition) is 5. The standard InChI is InChI=1S/C20H26N2O3S/c1-22(2)13-12-21-17-7-5-4-6-16(17)18(19(23)20(24)26)14-8-10-15(25-3)11-9-14/h4-11,18-19,21,23H,12-13H2,1-3H3,(H,24,26). The first-order valence-electron chi connectivity index (χ1n) is 8.46. The van der Waals surface area contributed by atoms with Crippen molar-refractivity contribution in [1.82, 2.24) is 4.90 Å². The lowest BCUT2D eigenvalue weighted by Gasteiger charge is -2.25. The van der Waals surface area contributed by atoms with E-state index < -0.39 is 17.1 Å². The Morgan fingerprint density at radius 2 is 1.81 bits per heavy atom. The SMILES string of the molecule is COc1ccc(C(c2ccccc2NCCN(C)C)C(O)C(O)=S)cc1. The van der Waals surface area contributed by atoms with Gasteiger partial charge in [-0.2, -0.15) is 0 Å². The summed E-state index contributed by atoms with van der Waals surface area (Å²) >= 11 is 4.86. The molecule has 2 aromatic carbocycles. The van der Waals surface area contributed by atoms with Crippen molar-refractivity contribution in [2.24, 2.45) is 0 Å². The lowest BCUT2D eigenvalue weighted by Crippen LogP contribution is -2.28. The number of nitrogens with one attached hydrogen (secondary N) is 1. The maximum Gasteiger partial charge on any atom is 0.187 e. The molecule has 0 spiro atoms. The van der Waals surface area contributed by atoms with E-state index in [9.17, 15) is 10.2 Å². The minimum atomic E-state index is -1.19. The Morgan fingerprint density at radius 3 is 2.38 bits per heavy atom. The van der Waals surface area contributed by atoms with E-state index in [0.29, 0.717) is 0 Å². The topological polar surface area (TPSA) is 65.0 Å². The summed E-state index contributed by atoms with van der Waals surface area (Å²) < 4.78 is 5.21. The molecule has 2 atom stereocenters. The minimum Gasteiger partial charge on any atom is -0.500 e. The van der Waals surface area contributed by atoms with Gasteiger partial charge in [0.25, 0.3) is 0 Å². The van der Waals surface area contributed by atoms with Crippen LogP contribution >= 0.6 is 12.2 Å². The normalized spacial score (nSPS) is 13.3. The van der Waals surface area contributed by atoms with Crippen molar-refractivity contribution in [3.05, 3.63) is 59.7 Å². The largest absolute Gasteiger partial charge is 0.500 e. The number of para-hydroxylation sites is 1. The quantitative estimate of drug-likeness (QED) is 0.587. The van der Waals surface area contributed by atoms with Gasteiger partial charge in [0.15, 0.2) is 5.05 Å². The minimum absolute atomic E-state index is 0.422. The van der Waals surface area contributed by atoms with Crippen LogP contribution in [0.4, 0.5) is 5.69 Å². The first-order chi connectivity index (χ1) is 12.4. The predicted molar refractivity (Wildman–Crippen MR) is 110 cm³/mol. The molecule has 0 amide bonds. The van der Waals surface area contributed by atoms with Crippen molar-refractivity contribution in [2.45, 2.75) is 12.0 Å². The van der Waals surface area contributed by atoms with E-state index in [1.54, 1.807) is 7.11 Å². The molecule has 0 aliphatic heterocycles. The summed E-state index contributed by atoms with van der Waals surface area (Å²) in [6.07, 6.45) is -1.19. The smallest absolute Gasteiger partial charge is 0.187 e. The van der Waals surface area contributed by atoms with Crippen LogP contribution in [0.5, 0.6) is 5.75 Å². The highest BCUT2D eigenvalue weighted by Gasteiger charge is 2.28. The van der Waals surface area contributed by atoms with Crippen LogP contribution in [0.1, 0.15) is 17.0 Å². The zero-order chi connectivity index (χ0) is 19.1. The van der Waals surface area contributed by atoms with Gasteiger partial charge in [-0.15, -0.1) is 0 Å². The molecule has 2 aromatic rings. The maximum atomic E-state index is 10.6. The van der Waals surface area contributed by atoms with Gasteiger partial charge in [-0.05, 0) is 55.6 Å². The predicted octanol–water partition coefficient (Wildman–Crippen LogP) is 3.05. The molecule has 2 unspecified atom stereocenters. The monoisotopic (exact) mass is 374 g/mol. The number of aliphatic hydroxyl groups is 2. The van der Waals surface area contributed by atoms with Gasteiger partial charge in [-0.1, -0.05) is 30.3 Å². The van der Waals surface area contributed by atoms with E-state index in [-0.39, 0.29) is 0 Å². The van der Waals surface area contributed by atoms with Gasteiger partial charge in [0, 0.05) is 24.7 Å². The van der Waals surface area contributed by atoms with Crippen LogP contribution in [-0.4, -0.2) is 60.6 Å². The first kappa shape index (κ1) is 20.2. The molecular formula is C20H26N2O3S. The number of thiocarbonyl (C=S) groups is 1. The molecule has 0 heterocycles. The summed E-state index contributed by atoms with van der Waals surface area (Å²) in [7, 11) is 5.64. The molecule has 0 radical (unpaired) electrons. The molecule has 3 N–H and O–H groups in total. The van der Waals surface area contributed by atoms with Gasteiger partial charge in [0.1, 0.15) is 11.9 Å². The highest BCUT2D eigenvalue weighted by Crippen LogP contribution is 2.34. The molecule has 140 valence electrons. The van der Waals surface area contributed by atoms with Gasteiger partial charge in [-0.3, -0.25) is 0 Å². The third-order valence-corrected chi connectivity index (χ3v) is 4.46. The molecule has 0 saturated carbocycles. The van der Waals surface area contributed by atoms with Crippen molar-refractivity contribution in [3.8, 4) is 5.75 Å². The van der Waals surface area contributed by atoms with E-state index in [1.807, 2.05) is 62.6 Å². The second-order valence-corrected chi connectivity index (χ2v) is 6.77. The Balaban J connectivity index is 2.40. The molecule has 0 aromatic heterocycles. The van der Waals surface area contributed by atoms with E-state index >= 15 is 0 Å². The third kappa shape index (κ3) is 5.17. The molecule has 0 aliphatic carbocycles. The Hall–Kier alpha value is -2.15. The van der Waals surface area contributed by atoms with Gasteiger partial charge in [0.05, 0.1) is 7.11 Å². The Kier molecular flexibility index (Phi) is 7.38. The lowest BCUT2D eigenvalue weighted by molar-refractivity contribution is 0.204. The zero-order valence-corrected chi connectivity index (χ0v) is 16.2. The highest BCUT2D eigenvalue weighted by atomic mass is 32.1. The van der Waals surface area contributed by atoms with Crippen LogP contribution in [0.3, 0.4) is 0 Å². The van der Waals surface area contributed by atoms with Crippen molar-refractivity contribution < 1.29 is 14.9 Å². The number of nitrogens with zero attached hydrogens (tertiary/aromatic N) is 1. The number of likely N-dealkylation sites (N-methyl/N-ethyl adjacent to an activating group) is 1. The molecule has 0 fully saturated rings. The highest BCUT2D eigenvalue weighted by molar-refractivity contribution is 7.80. The van der Waals surface area contributed by atoms with E-state index in [1.165, 1.54) is 0 Å². The molecule has 0 aliphatic rings. The summed E-state index contributed by atoms with van der Waals surface area (Å²) in [5.41, 5.74) is 2.63. The van der Waals surface area contributed by atoms with Crippen molar-refractivity contribution in [3.63, 3.8) is 0 Å². The molecule has 0 bridgehead atoms. The van der Waals surface area contributed by atoms with Gasteiger partial charge < -0.3 is 25.2 Å². The third-order valence-electron chi connectivity index (χ3n) is 4.21. The summed E-state index contributed by atoms with van der Waals surface area (Å²) in [4.78, 5) is 2.09. The molecule has 0 saturated heterocycles. The number of benzene rings is 2. The second-order valence-electron chi connectivity index (χ2n) is 6.35. The summed E-state index contributed by atoms with van der Waals surface area (Å²) in [5.74, 6) is 0.243. The zero-order valence-electron chi connectivity index (χ0n) is 15.3. The van der Waals surface area contributed by atoms with Crippen molar-refractivity contribution >= 4 is 23.0 Å². The maximum absolute atomic E-state index is 10.6. The van der Waals surface area contributed by atoms with Crippen molar-refractivity contribution in [2.75, 3.05) is 39.6 Å². The molecule has 5 nitrogen and oxygen atoms in total. The summed E-state index contributed by atoms with van der Waals surface area (Å²) in [6, 6.07) is 15.2. The Bertz CT molecular complexity index is 719. The van der Waals surface area contributed by atoms with E-state index in [4.69, 9.17) is 17.0 Å².